The van der Waals surface area contributed by atoms with Gasteiger partial charge in [0.2, 0.25) is 0 Å². The van der Waals surface area contributed by atoms with Gasteiger partial charge < -0.3 is 0 Å². The zero-order valence-corrected chi connectivity index (χ0v) is 21.6. The Morgan fingerprint density at radius 2 is 1.03 bits per heavy atom. The molecule has 2 aromatic rings. The van der Waals surface area contributed by atoms with Gasteiger partial charge in [-0.05, 0) is 128 Å². The summed E-state index contributed by atoms with van der Waals surface area (Å²) in [5, 5.41) is 0. The van der Waals surface area contributed by atoms with Gasteiger partial charge in [-0.15, -0.1) is 0 Å². The average molecular weight is 461 g/mol. The molecule has 0 radical (unpaired) electrons. The lowest BCUT2D eigenvalue weighted by Crippen LogP contribution is -2.15. The highest BCUT2D eigenvalue weighted by atomic mass is 19.1. The third-order valence-corrected chi connectivity index (χ3v) is 9.98. The van der Waals surface area contributed by atoms with Crippen LogP contribution in [0.3, 0.4) is 0 Å². The van der Waals surface area contributed by atoms with Gasteiger partial charge in [0.05, 0.1) is 0 Å². The van der Waals surface area contributed by atoms with Crippen LogP contribution in [0.15, 0.2) is 42.5 Å². The average Bonchev–Trinajstić information content (AvgIpc) is 2.89. The van der Waals surface area contributed by atoms with Crippen LogP contribution in [-0.4, -0.2) is 0 Å². The largest absolute Gasteiger partial charge is 0.207 e. The van der Waals surface area contributed by atoms with Crippen LogP contribution in [0.25, 0.3) is 0 Å². The second kappa shape index (κ2) is 11.0. The van der Waals surface area contributed by atoms with E-state index in [0.717, 1.165) is 36.2 Å². The molecule has 0 saturated heterocycles. The van der Waals surface area contributed by atoms with Crippen molar-refractivity contribution in [2.24, 2.45) is 11.8 Å². The molecule has 184 valence electrons. The molecule has 5 rings (SSSR count). The molecule has 0 N–H and O–H groups in total. The normalized spacial score (nSPS) is 32.4. The molecule has 34 heavy (non-hydrogen) atoms. The minimum Gasteiger partial charge on any atom is -0.207 e. The van der Waals surface area contributed by atoms with Crippen LogP contribution in [0.5, 0.6) is 0 Å². The molecule has 0 amide bonds. The van der Waals surface area contributed by atoms with Gasteiger partial charge in [0, 0.05) is 0 Å². The van der Waals surface area contributed by atoms with Gasteiger partial charge >= 0.3 is 0 Å². The van der Waals surface area contributed by atoms with Crippen LogP contribution >= 0.6 is 0 Å². The monoisotopic (exact) mass is 460 g/mol. The summed E-state index contributed by atoms with van der Waals surface area (Å²) >= 11 is 0. The van der Waals surface area contributed by atoms with Crippen LogP contribution in [0.1, 0.15) is 143 Å². The molecule has 0 atom stereocenters. The van der Waals surface area contributed by atoms with Crippen molar-refractivity contribution in [2.45, 2.75) is 121 Å². The van der Waals surface area contributed by atoms with E-state index in [9.17, 15) is 0 Å². The fourth-order valence-corrected chi connectivity index (χ4v) is 7.40. The minimum absolute atomic E-state index is 0.0599. The predicted octanol–water partition coefficient (Wildman–Crippen LogP) is 10.2. The van der Waals surface area contributed by atoms with E-state index < -0.39 is 0 Å². The summed E-state index contributed by atoms with van der Waals surface area (Å²) < 4.78 is 15.2. The van der Waals surface area contributed by atoms with Crippen molar-refractivity contribution in [3.05, 3.63) is 70.5 Å². The van der Waals surface area contributed by atoms with Crippen molar-refractivity contribution in [2.75, 3.05) is 0 Å². The van der Waals surface area contributed by atoms with Crippen LogP contribution in [0.2, 0.25) is 0 Å². The van der Waals surface area contributed by atoms with Crippen molar-refractivity contribution in [1.29, 1.82) is 0 Å². The highest BCUT2D eigenvalue weighted by Gasteiger charge is 2.27. The summed E-state index contributed by atoms with van der Waals surface area (Å²) in [7, 11) is 0. The molecule has 3 saturated carbocycles. The summed E-state index contributed by atoms with van der Waals surface area (Å²) in [5.74, 6) is 4.24. The molecular formula is C33H45F. The van der Waals surface area contributed by atoms with Gasteiger partial charge in [0.1, 0.15) is 5.82 Å². The van der Waals surface area contributed by atoms with Gasteiger partial charge in [-0.3, -0.25) is 0 Å². The van der Waals surface area contributed by atoms with E-state index in [1.807, 2.05) is 6.07 Å². The summed E-state index contributed by atoms with van der Waals surface area (Å²) in [6.45, 7) is 4.70. The quantitative estimate of drug-likeness (QED) is 0.416. The molecule has 3 aliphatic carbocycles. The third kappa shape index (κ3) is 5.44. The SMILES string of the molecule is CCC1CCC(c2ccc(C3CCC(c4ccc(C5CCC(C)CC5)cc4)CC3)c(F)c2)CC1. The van der Waals surface area contributed by atoms with Crippen molar-refractivity contribution in [1.82, 2.24) is 0 Å². The van der Waals surface area contributed by atoms with Gasteiger partial charge in [-0.25, -0.2) is 4.39 Å². The van der Waals surface area contributed by atoms with Crippen LogP contribution < -0.4 is 0 Å². The number of hydrogen-bond donors (Lipinski definition) is 0. The van der Waals surface area contributed by atoms with Crippen molar-refractivity contribution in [3.63, 3.8) is 0 Å². The number of rotatable bonds is 5. The van der Waals surface area contributed by atoms with E-state index in [2.05, 4.69) is 50.2 Å². The van der Waals surface area contributed by atoms with Crippen LogP contribution in [-0.2, 0) is 0 Å². The first-order valence-corrected chi connectivity index (χ1v) is 14.5. The summed E-state index contributed by atoms with van der Waals surface area (Å²) in [4.78, 5) is 0. The standard InChI is InChI=1S/C33H45F/c1-3-24-6-10-29(11-7-24)31-20-21-32(33(34)22-31)30-18-16-28(17-19-30)27-14-12-26(13-15-27)25-8-4-23(2)5-9-25/h12-15,20-25,28-30H,3-11,16-19H2,1-2H3. The molecule has 2 aromatic carbocycles. The smallest absolute Gasteiger partial charge is 0.126 e. The Hall–Kier alpha value is -1.63. The minimum atomic E-state index is 0.0599. The molecule has 3 aliphatic rings. The summed E-state index contributed by atoms with van der Waals surface area (Å²) in [6, 6.07) is 15.9. The molecule has 0 spiro atoms. The van der Waals surface area contributed by atoms with Gasteiger partial charge in [-0.2, -0.15) is 0 Å². The number of halogens is 1. The third-order valence-electron chi connectivity index (χ3n) is 9.98. The Morgan fingerprint density at radius 3 is 1.56 bits per heavy atom. The fourth-order valence-electron chi connectivity index (χ4n) is 7.40. The first-order chi connectivity index (χ1) is 16.6. The van der Waals surface area contributed by atoms with Crippen molar-refractivity contribution in [3.8, 4) is 0 Å². The Morgan fingerprint density at radius 1 is 0.588 bits per heavy atom. The van der Waals surface area contributed by atoms with Crippen molar-refractivity contribution >= 4 is 0 Å². The Labute approximate surface area is 207 Å². The highest BCUT2D eigenvalue weighted by molar-refractivity contribution is 5.32. The maximum absolute atomic E-state index is 15.2. The molecule has 0 aromatic heterocycles. The van der Waals surface area contributed by atoms with E-state index in [1.54, 1.807) is 5.56 Å². The molecule has 0 bridgehead atoms. The Balaban J connectivity index is 1.16. The second-order valence-electron chi connectivity index (χ2n) is 12.1. The molecule has 0 unspecified atom stereocenters. The zero-order valence-electron chi connectivity index (χ0n) is 21.6. The Bertz CT molecular complexity index is 904. The van der Waals surface area contributed by atoms with Gasteiger partial charge in [-0.1, -0.05) is 69.5 Å². The maximum atomic E-state index is 15.2. The van der Waals surface area contributed by atoms with Crippen molar-refractivity contribution < 1.29 is 4.39 Å². The lowest BCUT2D eigenvalue weighted by molar-refractivity contribution is 0.318. The lowest BCUT2D eigenvalue weighted by Gasteiger charge is -2.31. The second-order valence-corrected chi connectivity index (χ2v) is 12.1. The van der Waals surface area contributed by atoms with E-state index >= 15 is 4.39 Å². The van der Waals surface area contributed by atoms with Gasteiger partial charge in [0.15, 0.2) is 0 Å². The molecular weight excluding hydrogens is 415 g/mol. The van der Waals surface area contributed by atoms with E-state index in [0.29, 0.717) is 17.8 Å². The van der Waals surface area contributed by atoms with E-state index in [-0.39, 0.29) is 5.82 Å². The maximum Gasteiger partial charge on any atom is 0.126 e. The van der Waals surface area contributed by atoms with Crippen LogP contribution in [0.4, 0.5) is 4.39 Å². The molecule has 0 heterocycles. The van der Waals surface area contributed by atoms with Crippen LogP contribution in [0, 0.1) is 17.7 Å². The molecule has 3 fully saturated rings. The van der Waals surface area contributed by atoms with Gasteiger partial charge in [0.25, 0.3) is 0 Å². The number of benzene rings is 2. The van der Waals surface area contributed by atoms with E-state index in [1.165, 1.54) is 81.8 Å². The summed E-state index contributed by atoms with van der Waals surface area (Å²) in [6.07, 6.45) is 16.5. The zero-order chi connectivity index (χ0) is 23.5. The predicted molar refractivity (Wildman–Crippen MR) is 142 cm³/mol. The first-order valence-electron chi connectivity index (χ1n) is 14.5. The van der Waals surface area contributed by atoms with E-state index in [4.69, 9.17) is 0 Å². The molecule has 1 heteroatoms. The first kappa shape index (κ1) is 24.1. The molecule has 0 aliphatic heterocycles. The lowest BCUT2D eigenvalue weighted by atomic mass is 9.74. The fraction of sp³-hybridized carbons (Fsp3) is 0.636. The summed E-state index contributed by atoms with van der Waals surface area (Å²) in [5.41, 5.74) is 5.28. The highest BCUT2D eigenvalue weighted by Crippen LogP contribution is 2.43. The topological polar surface area (TPSA) is 0 Å². The Kier molecular flexibility index (Phi) is 7.77. The number of hydrogen-bond acceptors (Lipinski definition) is 0. The molecule has 0 nitrogen and oxygen atoms in total.